The van der Waals surface area contributed by atoms with Crippen LogP contribution in [0.25, 0.3) is 0 Å². The predicted octanol–water partition coefficient (Wildman–Crippen LogP) is 2.48. The third-order valence-electron chi connectivity index (χ3n) is 4.22. The number of benzene rings is 1. The Bertz CT molecular complexity index is 572. The van der Waals surface area contributed by atoms with Gasteiger partial charge in [0.15, 0.2) is 6.10 Å². The molecule has 1 aromatic rings. The molecule has 0 radical (unpaired) electrons. The Morgan fingerprint density at radius 1 is 1.45 bits per heavy atom. The van der Waals surface area contributed by atoms with E-state index in [2.05, 4.69) is 0 Å². The quantitative estimate of drug-likeness (QED) is 0.907. The number of aryl methyl sites for hydroxylation is 1. The Morgan fingerprint density at radius 3 is 2.73 bits per heavy atom. The molecule has 120 valence electrons. The number of amides is 1. The molecule has 5 heteroatoms. The molecule has 0 spiro atoms. The number of hydrogen-bond donors (Lipinski definition) is 1. The van der Waals surface area contributed by atoms with Gasteiger partial charge in [-0.15, -0.1) is 0 Å². The summed E-state index contributed by atoms with van der Waals surface area (Å²) < 4.78 is 5.81. The van der Waals surface area contributed by atoms with E-state index in [0.717, 1.165) is 5.56 Å². The molecule has 1 saturated heterocycles. The minimum Gasteiger partial charge on any atom is -0.481 e. The van der Waals surface area contributed by atoms with E-state index in [1.165, 1.54) is 0 Å². The van der Waals surface area contributed by atoms with Crippen molar-refractivity contribution in [1.82, 2.24) is 4.90 Å². The van der Waals surface area contributed by atoms with E-state index in [1.807, 2.05) is 38.1 Å². The maximum atomic E-state index is 12.6. The summed E-state index contributed by atoms with van der Waals surface area (Å²) in [6, 6.07) is 7.57. The van der Waals surface area contributed by atoms with Gasteiger partial charge in [0.2, 0.25) is 0 Å². The van der Waals surface area contributed by atoms with Crippen LogP contribution in [0.5, 0.6) is 5.75 Å². The van der Waals surface area contributed by atoms with Crippen LogP contribution in [0.2, 0.25) is 0 Å². The second kappa shape index (κ2) is 6.38. The number of hydrogen-bond acceptors (Lipinski definition) is 3. The first kappa shape index (κ1) is 16.3. The minimum atomic E-state index is -0.851. The van der Waals surface area contributed by atoms with Gasteiger partial charge in [-0.3, -0.25) is 9.59 Å². The monoisotopic (exact) mass is 305 g/mol. The maximum Gasteiger partial charge on any atom is 0.311 e. The summed E-state index contributed by atoms with van der Waals surface area (Å²) in [5, 5.41) is 9.26. The largest absolute Gasteiger partial charge is 0.481 e. The van der Waals surface area contributed by atoms with Crippen LogP contribution in [0, 0.1) is 12.3 Å². The lowest BCUT2D eigenvalue weighted by Crippen LogP contribution is -2.42. The second-order valence-electron chi connectivity index (χ2n) is 6.21. The number of carboxylic acid groups (broad SMARTS) is 1. The Labute approximate surface area is 130 Å². The van der Waals surface area contributed by atoms with Crippen LogP contribution >= 0.6 is 0 Å². The lowest BCUT2D eigenvalue weighted by molar-refractivity contribution is -0.148. The van der Waals surface area contributed by atoms with Crippen LogP contribution in [0.1, 0.15) is 32.3 Å². The van der Waals surface area contributed by atoms with E-state index >= 15 is 0 Å². The fraction of sp³-hybridized carbons (Fsp3) is 0.529. The molecule has 0 aliphatic carbocycles. The Hall–Kier alpha value is -2.04. The molecular formula is C17H23NO4. The van der Waals surface area contributed by atoms with Crippen LogP contribution in [-0.2, 0) is 9.59 Å². The smallest absolute Gasteiger partial charge is 0.311 e. The Kier molecular flexibility index (Phi) is 4.74. The first-order valence-corrected chi connectivity index (χ1v) is 7.61. The maximum absolute atomic E-state index is 12.6. The van der Waals surface area contributed by atoms with Gasteiger partial charge in [0, 0.05) is 13.1 Å². The third kappa shape index (κ3) is 3.40. The summed E-state index contributed by atoms with van der Waals surface area (Å²) in [5.41, 5.74) is 0.219. The first-order valence-electron chi connectivity index (χ1n) is 7.61. The highest BCUT2D eigenvalue weighted by molar-refractivity contribution is 5.83. The van der Waals surface area contributed by atoms with Gasteiger partial charge in [-0.1, -0.05) is 19.1 Å². The van der Waals surface area contributed by atoms with Crippen LogP contribution < -0.4 is 4.74 Å². The van der Waals surface area contributed by atoms with Crippen LogP contribution in [0.15, 0.2) is 24.3 Å². The number of nitrogens with zero attached hydrogens (tertiary/aromatic N) is 1. The summed E-state index contributed by atoms with van der Waals surface area (Å²) in [6.45, 7) is 6.26. The number of carbonyl (C=O) groups excluding carboxylic acids is 1. The van der Waals surface area contributed by atoms with Gasteiger partial charge in [-0.05, 0) is 44.4 Å². The molecule has 1 heterocycles. The van der Waals surface area contributed by atoms with Crippen LogP contribution in [0.3, 0.4) is 0 Å². The predicted molar refractivity (Wildman–Crippen MR) is 82.8 cm³/mol. The number of aliphatic carboxylic acids is 1. The van der Waals surface area contributed by atoms with Crippen LogP contribution in [-0.4, -0.2) is 41.1 Å². The lowest BCUT2D eigenvalue weighted by atomic mass is 9.90. The van der Waals surface area contributed by atoms with Crippen molar-refractivity contribution in [2.45, 2.75) is 39.7 Å². The average Bonchev–Trinajstić information content (AvgIpc) is 2.88. The summed E-state index contributed by atoms with van der Waals surface area (Å²) >= 11 is 0. The fourth-order valence-electron chi connectivity index (χ4n) is 2.69. The van der Waals surface area contributed by atoms with Gasteiger partial charge < -0.3 is 14.7 Å². The summed E-state index contributed by atoms with van der Waals surface area (Å²) in [7, 11) is 0. The number of carbonyl (C=O) groups is 2. The molecule has 1 aliphatic rings. The van der Waals surface area contributed by atoms with E-state index in [9.17, 15) is 14.7 Å². The highest BCUT2D eigenvalue weighted by Crippen LogP contribution is 2.31. The molecule has 5 nitrogen and oxygen atoms in total. The molecule has 0 saturated carbocycles. The van der Waals surface area contributed by atoms with Crippen LogP contribution in [0.4, 0.5) is 0 Å². The fourth-order valence-corrected chi connectivity index (χ4v) is 2.69. The van der Waals surface area contributed by atoms with Gasteiger partial charge in [0.25, 0.3) is 5.91 Å². The Morgan fingerprint density at radius 2 is 2.18 bits per heavy atom. The molecule has 1 amide bonds. The van der Waals surface area contributed by atoms with Crippen molar-refractivity contribution in [3.63, 3.8) is 0 Å². The first-order chi connectivity index (χ1) is 10.4. The number of carboxylic acids is 1. The summed E-state index contributed by atoms with van der Waals surface area (Å²) in [5.74, 6) is -0.315. The number of ether oxygens (including phenoxy) is 1. The van der Waals surface area contributed by atoms with E-state index in [-0.39, 0.29) is 12.5 Å². The number of rotatable bonds is 5. The second-order valence-corrected chi connectivity index (χ2v) is 6.21. The van der Waals surface area contributed by atoms with E-state index in [1.54, 1.807) is 11.8 Å². The number of likely N-dealkylation sites (tertiary alicyclic amines) is 1. The standard InChI is InChI=1S/C17H23NO4/c1-4-14(22-13-7-5-6-12(2)10-13)15(19)18-9-8-17(3,11-18)16(20)21/h5-7,10,14H,4,8-9,11H2,1-3H3,(H,20,21). The molecule has 2 unspecified atom stereocenters. The zero-order valence-electron chi connectivity index (χ0n) is 13.3. The van der Waals surface area contributed by atoms with Gasteiger partial charge in [-0.25, -0.2) is 0 Å². The Balaban J connectivity index is 2.05. The topological polar surface area (TPSA) is 66.8 Å². The van der Waals surface area contributed by atoms with E-state index in [0.29, 0.717) is 25.1 Å². The van der Waals surface area contributed by atoms with Crippen molar-refractivity contribution in [2.24, 2.45) is 5.41 Å². The highest BCUT2D eigenvalue weighted by atomic mass is 16.5. The summed E-state index contributed by atoms with van der Waals surface area (Å²) in [6.07, 6.45) is 0.458. The third-order valence-corrected chi connectivity index (χ3v) is 4.22. The summed E-state index contributed by atoms with van der Waals surface area (Å²) in [4.78, 5) is 25.5. The molecule has 1 aromatic carbocycles. The molecule has 1 fully saturated rings. The van der Waals surface area contributed by atoms with E-state index in [4.69, 9.17) is 4.74 Å². The van der Waals surface area contributed by atoms with Crippen molar-refractivity contribution >= 4 is 11.9 Å². The molecule has 2 atom stereocenters. The molecule has 2 rings (SSSR count). The minimum absolute atomic E-state index is 0.131. The van der Waals surface area contributed by atoms with Crippen molar-refractivity contribution in [3.8, 4) is 5.75 Å². The average molecular weight is 305 g/mol. The van der Waals surface area contributed by atoms with Gasteiger partial charge >= 0.3 is 5.97 Å². The normalized spacial score (nSPS) is 22.4. The van der Waals surface area contributed by atoms with Crippen molar-refractivity contribution < 1.29 is 19.4 Å². The van der Waals surface area contributed by atoms with Crippen molar-refractivity contribution in [2.75, 3.05) is 13.1 Å². The molecule has 22 heavy (non-hydrogen) atoms. The zero-order valence-corrected chi connectivity index (χ0v) is 13.3. The van der Waals surface area contributed by atoms with Gasteiger partial charge in [0.1, 0.15) is 5.75 Å². The lowest BCUT2D eigenvalue weighted by Gasteiger charge is -2.25. The van der Waals surface area contributed by atoms with Crippen molar-refractivity contribution in [3.05, 3.63) is 29.8 Å². The SMILES string of the molecule is CCC(Oc1cccc(C)c1)C(=O)N1CCC(C)(C(=O)O)C1. The molecule has 1 aliphatic heterocycles. The van der Waals surface area contributed by atoms with Gasteiger partial charge in [0.05, 0.1) is 5.41 Å². The highest BCUT2D eigenvalue weighted by Gasteiger charge is 2.43. The zero-order chi connectivity index (χ0) is 16.3. The molecule has 0 bridgehead atoms. The van der Waals surface area contributed by atoms with E-state index < -0.39 is 17.5 Å². The van der Waals surface area contributed by atoms with Crippen molar-refractivity contribution in [1.29, 1.82) is 0 Å². The molecular weight excluding hydrogens is 282 g/mol. The molecule has 1 N–H and O–H groups in total. The molecule has 0 aromatic heterocycles. The van der Waals surface area contributed by atoms with Gasteiger partial charge in [-0.2, -0.15) is 0 Å².